The van der Waals surface area contributed by atoms with E-state index in [2.05, 4.69) is 14.9 Å². The van der Waals surface area contributed by atoms with Gasteiger partial charge >= 0.3 is 0 Å². The number of hydrogen-bond acceptors (Lipinski definition) is 8. The molecular formula is C28H30FN5O6S. The summed E-state index contributed by atoms with van der Waals surface area (Å²) in [6.45, 7) is 3.48. The average molecular weight is 584 g/mol. The fraction of sp³-hybridized carbons (Fsp3) is 0.321. The van der Waals surface area contributed by atoms with E-state index in [1.807, 2.05) is 0 Å². The first-order chi connectivity index (χ1) is 19.6. The maximum Gasteiger partial charge on any atom is 0.243 e. The van der Waals surface area contributed by atoms with Crippen molar-refractivity contribution in [1.82, 2.24) is 19.7 Å². The molecule has 1 fully saturated rings. The number of methoxy groups -OCH3 is 2. The van der Waals surface area contributed by atoms with Crippen LogP contribution in [-0.2, 0) is 14.8 Å². The molecule has 1 amide bonds. The third-order valence-corrected chi connectivity index (χ3v) is 8.81. The van der Waals surface area contributed by atoms with Crippen molar-refractivity contribution >= 4 is 21.9 Å². The third-order valence-electron chi connectivity index (χ3n) is 7.12. The van der Waals surface area contributed by atoms with Gasteiger partial charge in [0.2, 0.25) is 27.7 Å². The predicted molar refractivity (Wildman–Crippen MR) is 149 cm³/mol. The van der Waals surface area contributed by atoms with Gasteiger partial charge in [0.05, 0.1) is 19.5 Å². The molecule has 1 unspecified atom stereocenters. The van der Waals surface area contributed by atoms with Crippen LogP contribution in [0.3, 0.4) is 0 Å². The minimum atomic E-state index is -4.14. The van der Waals surface area contributed by atoms with Crippen molar-refractivity contribution in [2.75, 3.05) is 32.0 Å². The summed E-state index contributed by atoms with van der Waals surface area (Å²) in [5, 5.41) is 7.44. The van der Waals surface area contributed by atoms with Crippen molar-refractivity contribution in [3.05, 3.63) is 71.7 Å². The van der Waals surface area contributed by atoms with E-state index in [1.165, 1.54) is 42.7 Å². The van der Waals surface area contributed by atoms with Gasteiger partial charge in [0.25, 0.3) is 0 Å². The van der Waals surface area contributed by atoms with Crippen LogP contribution in [0.4, 0.5) is 10.3 Å². The molecule has 2 aromatic carbocycles. The van der Waals surface area contributed by atoms with Gasteiger partial charge in [0.15, 0.2) is 5.76 Å². The number of anilines is 1. The predicted octanol–water partition coefficient (Wildman–Crippen LogP) is 4.14. The van der Waals surface area contributed by atoms with E-state index in [4.69, 9.17) is 13.9 Å². The van der Waals surface area contributed by atoms with E-state index in [-0.39, 0.29) is 36.6 Å². The second-order valence-electron chi connectivity index (χ2n) is 9.78. The van der Waals surface area contributed by atoms with Crippen molar-refractivity contribution in [1.29, 1.82) is 0 Å². The molecule has 1 N–H and O–H groups in total. The summed E-state index contributed by atoms with van der Waals surface area (Å²) in [6, 6.07) is 14.5. The molecule has 1 aliphatic rings. The number of aromatic nitrogens is 3. The zero-order valence-electron chi connectivity index (χ0n) is 23.0. The number of ether oxygens (including phenoxy) is 2. The molecule has 2 aromatic heterocycles. The molecule has 11 nitrogen and oxygen atoms in total. The lowest BCUT2D eigenvalue weighted by Crippen LogP contribution is -2.48. The summed E-state index contributed by atoms with van der Waals surface area (Å²) in [5.74, 6) is 0.876. The van der Waals surface area contributed by atoms with Gasteiger partial charge in [-0.25, -0.2) is 12.8 Å². The lowest BCUT2D eigenvalue weighted by atomic mass is 9.90. The Hall–Kier alpha value is -4.39. The lowest BCUT2D eigenvalue weighted by Gasteiger charge is -2.37. The zero-order valence-corrected chi connectivity index (χ0v) is 23.8. The van der Waals surface area contributed by atoms with Crippen LogP contribution in [0.1, 0.15) is 30.6 Å². The fourth-order valence-corrected chi connectivity index (χ4v) is 6.47. The van der Waals surface area contributed by atoms with Gasteiger partial charge in [-0.3, -0.25) is 14.1 Å². The molecule has 1 saturated heterocycles. The maximum atomic E-state index is 13.9. The lowest BCUT2D eigenvalue weighted by molar-refractivity contribution is -0.129. The van der Waals surface area contributed by atoms with Gasteiger partial charge in [-0.15, -0.1) is 10.2 Å². The zero-order chi connectivity index (χ0) is 29.3. The standard InChI is InChI=1S/C28H30FN5O6S/c1-17-8-13-25(40-17)27-30-31-28(34(27)26-23(38-3)6-5-7-24(26)39-4)32-41(36,37)22-14-20(15-33(16-22)18(2)35)19-9-11-21(29)12-10-19/h5-13,20,22H,14-16H2,1-4H3,(H,31,32)/t20?,22-/m1/s1. The van der Waals surface area contributed by atoms with Gasteiger partial charge < -0.3 is 18.8 Å². The number of para-hydroxylation sites is 1. The Morgan fingerprint density at radius 3 is 2.29 bits per heavy atom. The largest absolute Gasteiger partial charge is 0.494 e. The summed E-state index contributed by atoms with van der Waals surface area (Å²) in [7, 11) is -1.17. The van der Waals surface area contributed by atoms with Gasteiger partial charge in [0, 0.05) is 25.9 Å². The first-order valence-corrected chi connectivity index (χ1v) is 14.4. The molecule has 0 aliphatic carbocycles. The maximum absolute atomic E-state index is 13.9. The highest BCUT2D eigenvalue weighted by Crippen LogP contribution is 2.39. The van der Waals surface area contributed by atoms with Crippen LogP contribution in [0.15, 0.2) is 59.0 Å². The van der Waals surface area contributed by atoms with Gasteiger partial charge in [0.1, 0.15) is 28.8 Å². The number of sulfonamides is 1. The molecule has 5 rings (SSSR count). The first-order valence-electron chi connectivity index (χ1n) is 12.9. The summed E-state index contributed by atoms with van der Waals surface area (Å²) >= 11 is 0. The number of likely N-dealkylation sites (tertiary alicyclic amines) is 1. The number of rotatable bonds is 8. The smallest absolute Gasteiger partial charge is 0.243 e. The number of nitrogens with one attached hydrogen (secondary N) is 1. The molecule has 4 aromatic rings. The molecule has 0 spiro atoms. The fourth-order valence-electron chi connectivity index (χ4n) is 5.05. The summed E-state index contributed by atoms with van der Waals surface area (Å²) in [4.78, 5) is 13.9. The van der Waals surface area contributed by atoms with Gasteiger partial charge in [-0.2, -0.15) is 0 Å². The SMILES string of the molecule is COc1cccc(OC)c1-n1c(NS(=O)(=O)[C@@H]2CC(c3ccc(F)cc3)CN(C(C)=O)C2)nnc1-c1ccc(C)o1. The highest BCUT2D eigenvalue weighted by atomic mass is 32.2. The second kappa shape index (κ2) is 11.2. The molecule has 41 heavy (non-hydrogen) atoms. The van der Waals surface area contributed by atoms with Crippen LogP contribution >= 0.6 is 0 Å². The number of hydrogen-bond donors (Lipinski definition) is 1. The molecule has 0 bridgehead atoms. The van der Waals surface area contributed by atoms with E-state index in [9.17, 15) is 17.6 Å². The molecular weight excluding hydrogens is 553 g/mol. The summed E-state index contributed by atoms with van der Waals surface area (Å²) < 4.78 is 62.5. The minimum Gasteiger partial charge on any atom is -0.494 e. The minimum absolute atomic E-state index is 0.0152. The number of halogens is 1. The Bertz CT molecular complexity index is 1650. The van der Waals surface area contributed by atoms with E-state index in [1.54, 1.807) is 49.4 Å². The Morgan fingerprint density at radius 1 is 1.02 bits per heavy atom. The van der Waals surface area contributed by atoms with E-state index in [0.29, 0.717) is 35.3 Å². The second-order valence-corrected chi connectivity index (χ2v) is 11.7. The molecule has 2 atom stereocenters. The van der Waals surface area contributed by atoms with Crippen LogP contribution in [0, 0.1) is 12.7 Å². The first kappa shape index (κ1) is 28.1. The van der Waals surface area contributed by atoms with E-state index >= 15 is 0 Å². The number of nitrogens with zero attached hydrogens (tertiary/aromatic N) is 4. The van der Waals surface area contributed by atoms with E-state index < -0.39 is 21.1 Å². The van der Waals surface area contributed by atoms with Crippen molar-refractivity contribution in [3.8, 4) is 28.8 Å². The number of aryl methyl sites for hydroxylation is 1. The van der Waals surface area contributed by atoms with E-state index in [0.717, 1.165) is 5.56 Å². The van der Waals surface area contributed by atoms with Gasteiger partial charge in [-0.05, 0) is 55.3 Å². The van der Waals surface area contributed by atoms with Crippen molar-refractivity contribution < 1.29 is 31.5 Å². The summed E-state index contributed by atoms with van der Waals surface area (Å²) in [6.07, 6.45) is 0.209. The highest BCUT2D eigenvalue weighted by molar-refractivity contribution is 7.93. The number of benzene rings is 2. The molecule has 1 aliphatic heterocycles. The van der Waals surface area contributed by atoms with Crippen LogP contribution in [0.5, 0.6) is 11.5 Å². The van der Waals surface area contributed by atoms with Crippen LogP contribution in [0.25, 0.3) is 17.3 Å². The number of furan rings is 1. The van der Waals surface area contributed by atoms with Crippen LogP contribution in [-0.4, -0.2) is 66.5 Å². The molecule has 0 radical (unpaired) electrons. The topological polar surface area (TPSA) is 129 Å². The number of carbonyl (C=O) groups excluding carboxylic acids is 1. The van der Waals surface area contributed by atoms with Crippen LogP contribution in [0.2, 0.25) is 0 Å². The normalized spacial score (nSPS) is 17.3. The highest BCUT2D eigenvalue weighted by Gasteiger charge is 2.38. The molecule has 216 valence electrons. The Balaban J connectivity index is 1.57. The van der Waals surface area contributed by atoms with Crippen molar-refractivity contribution in [3.63, 3.8) is 0 Å². The van der Waals surface area contributed by atoms with Crippen LogP contribution < -0.4 is 14.2 Å². The monoisotopic (exact) mass is 583 g/mol. The Morgan fingerprint density at radius 2 is 1.71 bits per heavy atom. The average Bonchev–Trinajstić information content (AvgIpc) is 3.57. The summed E-state index contributed by atoms with van der Waals surface area (Å²) in [5.41, 5.74) is 1.11. The quantitative estimate of drug-likeness (QED) is 0.328. The third kappa shape index (κ3) is 5.62. The number of amides is 1. The number of carbonyl (C=O) groups is 1. The van der Waals surface area contributed by atoms with Crippen molar-refractivity contribution in [2.45, 2.75) is 31.4 Å². The molecule has 3 heterocycles. The Kier molecular flexibility index (Phi) is 7.72. The van der Waals surface area contributed by atoms with Gasteiger partial charge in [-0.1, -0.05) is 18.2 Å². The molecule has 0 saturated carbocycles. The van der Waals surface area contributed by atoms with Crippen molar-refractivity contribution in [2.24, 2.45) is 0 Å². The molecule has 13 heteroatoms. The number of piperidine rings is 1. The Labute approximate surface area is 236 Å².